The maximum absolute atomic E-state index is 11.2. The Hall–Kier alpha value is -2.18. The third-order valence-corrected chi connectivity index (χ3v) is 7.25. The van der Waals surface area contributed by atoms with E-state index >= 15 is 0 Å². The normalized spacial score (nSPS) is 30.5. The standard InChI is InChI=1S/C23H30N4O2/c1-26(2)22-24-18-11-7-6-10-16(18)21(25-22)27-12-19(29)23(14-27)17(13-28)20(23)15-8-4-3-5-9-15/h3-5,8-9,17,19-20,28-29H,6-7,10-14H2,1-2H3/t17-,19+,20-,23-/m1/s1. The number of rotatable bonds is 4. The molecule has 1 saturated carbocycles. The van der Waals surface area contributed by atoms with Crippen molar-refractivity contribution in [2.45, 2.75) is 37.7 Å². The van der Waals surface area contributed by atoms with Crippen LogP contribution in [0.1, 0.15) is 35.6 Å². The van der Waals surface area contributed by atoms with E-state index in [1.165, 1.54) is 17.5 Å². The highest BCUT2D eigenvalue weighted by atomic mass is 16.3. The Kier molecular flexibility index (Phi) is 4.51. The second kappa shape index (κ2) is 6.96. The molecule has 2 aromatic rings. The minimum atomic E-state index is -0.470. The van der Waals surface area contributed by atoms with Crippen LogP contribution in [0.4, 0.5) is 11.8 Å². The van der Waals surface area contributed by atoms with Gasteiger partial charge in [0.15, 0.2) is 0 Å². The second-order valence-electron chi connectivity index (χ2n) is 9.06. The van der Waals surface area contributed by atoms with E-state index in [2.05, 4.69) is 17.0 Å². The van der Waals surface area contributed by atoms with Gasteiger partial charge in [-0.1, -0.05) is 30.3 Å². The number of aryl methyl sites for hydroxylation is 1. The van der Waals surface area contributed by atoms with Gasteiger partial charge in [0.1, 0.15) is 5.82 Å². The predicted octanol–water partition coefficient (Wildman–Crippen LogP) is 1.99. The van der Waals surface area contributed by atoms with E-state index in [-0.39, 0.29) is 23.9 Å². The SMILES string of the molecule is CN(C)c1nc2c(c(N3C[C@H](O)[C@@]4(C3)[C@H](CO)[C@H]4c3ccccc3)n1)CCCC2. The van der Waals surface area contributed by atoms with Gasteiger partial charge >= 0.3 is 0 Å². The third kappa shape index (κ3) is 2.84. The Morgan fingerprint density at radius 3 is 2.62 bits per heavy atom. The molecule has 0 bridgehead atoms. The van der Waals surface area contributed by atoms with Crippen LogP contribution in [0, 0.1) is 11.3 Å². The lowest BCUT2D eigenvalue weighted by Crippen LogP contribution is -2.27. The monoisotopic (exact) mass is 394 g/mol. The van der Waals surface area contributed by atoms with Crippen molar-refractivity contribution in [1.29, 1.82) is 0 Å². The van der Waals surface area contributed by atoms with Crippen LogP contribution in [0.15, 0.2) is 30.3 Å². The number of fused-ring (bicyclic) bond motifs is 1. The molecule has 1 aromatic heterocycles. The number of hydrogen-bond donors (Lipinski definition) is 2. The predicted molar refractivity (Wildman–Crippen MR) is 113 cm³/mol. The van der Waals surface area contributed by atoms with Crippen LogP contribution in [-0.4, -0.2) is 60.1 Å². The van der Waals surface area contributed by atoms with E-state index < -0.39 is 6.10 Å². The van der Waals surface area contributed by atoms with Gasteiger partial charge in [-0.25, -0.2) is 4.98 Å². The van der Waals surface area contributed by atoms with Crippen LogP contribution >= 0.6 is 0 Å². The maximum atomic E-state index is 11.2. The summed E-state index contributed by atoms with van der Waals surface area (Å²) in [5.74, 6) is 2.02. The summed E-state index contributed by atoms with van der Waals surface area (Å²) in [6.07, 6.45) is 3.87. The largest absolute Gasteiger partial charge is 0.396 e. The van der Waals surface area contributed by atoms with Crippen LogP contribution in [-0.2, 0) is 12.8 Å². The molecule has 2 N–H and O–H groups in total. The smallest absolute Gasteiger partial charge is 0.227 e. The van der Waals surface area contributed by atoms with E-state index in [1.54, 1.807) is 0 Å². The first-order chi connectivity index (χ1) is 14.1. The van der Waals surface area contributed by atoms with Crippen molar-refractivity contribution >= 4 is 11.8 Å². The Labute approximate surface area is 172 Å². The van der Waals surface area contributed by atoms with E-state index in [9.17, 15) is 10.2 Å². The molecule has 2 fully saturated rings. The van der Waals surface area contributed by atoms with Crippen molar-refractivity contribution in [1.82, 2.24) is 9.97 Å². The Balaban J connectivity index is 1.51. The van der Waals surface area contributed by atoms with Gasteiger partial charge in [0.2, 0.25) is 5.95 Å². The number of aliphatic hydroxyl groups excluding tert-OH is 2. The molecule has 29 heavy (non-hydrogen) atoms. The van der Waals surface area contributed by atoms with Gasteiger partial charge in [-0.2, -0.15) is 4.98 Å². The lowest BCUT2D eigenvalue weighted by Gasteiger charge is -2.26. The molecule has 6 nitrogen and oxygen atoms in total. The molecule has 1 aromatic carbocycles. The Morgan fingerprint density at radius 2 is 1.90 bits per heavy atom. The number of aliphatic hydroxyl groups is 2. The quantitative estimate of drug-likeness (QED) is 0.826. The third-order valence-electron chi connectivity index (χ3n) is 7.25. The molecule has 4 atom stereocenters. The molecule has 5 rings (SSSR count). The van der Waals surface area contributed by atoms with Gasteiger partial charge in [0, 0.05) is 44.8 Å². The molecule has 1 spiro atoms. The maximum Gasteiger partial charge on any atom is 0.227 e. The average Bonchev–Trinajstić information content (AvgIpc) is 3.28. The van der Waals surface area contributed by atoms with Gasteiger partial charge in [-0.15, -0.1) is 0 Å². The summed E-state index contributed by atoms with van der Waals surface area (Å²) in [6, 6.07) is 10.3. The molecule has 2 heterocycles. The molecule has 154 valence electrons. The van der Waals surface area contributed by atoms with Crippen LogP contribution in [0.5, 0.6) is 0 Å². The highest BCUT2D eigenvalue weighted by Gasteiger charge is 2.71. The molecule has 2 aliphatic carbocycles. The van der Waals surface area contributed by atoms with Gasteiger partial charge < -0.3 is 20.0 Å². The number of β-amino-alcohol motifs (C(OH)–C–C–N with tert-alkyl or cyclic N) is 1. The summed E-state index contributed by atoms with van der Waals surface area (Å²) in [5.41, 5.74) is 3.34. The zero-order chi connectivity index (χ0) is 20.2. The molecular weight excluding hydrogens is 364 g/mol. The van der Waals surface area contributed by atoms with Crippen molar-refractivity contribution in [3.8, 4) is 0 Å². The summed E-state index contributed by atoms with van der Waals surface area (Å²) in [4.78, 5) is 13.9. The second-order valence-corrected chi connectivity index (χ2v) is 9.06. The fraction of sp³-hybridized carbons (Fsp3) is 0.565. The lowest BCUT2D eigenvalue weighted by molar-refractivity contribution is 0.113. The van der Waals surface area contributed by atoms with Gasteiger partial charge in [-0.05, 0) is 43.1 Å². The highest BCUT2D eigenvalue weighted by molar-refractivity contribution is 5.57. The number of nitrogens with zero attached hydrogens (tertiary/aromatic N) is 4. The van der Waals surface area contributed by atoms with Crippen molar-refractivity contribution in [2.75, 3.05) is 43.6 Å². The van der Waals surface area contributed by atoms with Crippen molar-refractivity contribution in [2.24, 2.45) is 11.3 Å². The molecule has 6 heteroatoms. The van der Waals surface area contributed by atoms with Crippen molar-refractivity contribution in [3.05, 3.63) is 47.2 Å². The van der Waals surface area contributed by atoms with E-state index in [4.69, 9.17) is 9.97 Å². The molecule has 1 aliphatic heterocycles. The zero-order valence-corrected chi connectivity index (χ0v) is 17.3. The summed E-state index contributed by atoms with van der Waals surface area (Å²) in [6.45, 7) is 1.40. The summed E-state index contributed by atoms with van der Waals surface area (Å²) < 4.78 is 0. The fourth-order valence-electron chi connectivity index (χ4n) is 5.75. The van der Waals surface area contributed by atoms with Gasteiger partial charge in [-0.3, -0.25) is 0 Å². The zero-order valence-electron chi connectivity index (χ0n) is 17.3. The van der Waals surface area contributed by atoms with Crippen LogP contribution in [0.2, 0.25) is 0 Å². The van der Waals surface area contributed by atoms with E-state index in [1.807, 2.05) is 37.2 Å². The number of anilines is 2. The van der Waals surface area contributed by atoms with Crippen molar-refractivity contribution < 1.29 is 10.2 Å². The minimum absolute atomic E-state index is 0.0934. The fourth-order valence-corrected chi connectivity index (χ4v) is 5.75. The van der Waals surface area contributed by atoms with Gasteiger partial charge in [0.25, 0.3) is 0 Å². The summed E-state index contributed by atoms with van der Waals surface area (Å²) >= 11 is 0. The van der Waals surface area contributed by atoms with Crippen LogP contribution in [0.3, 0.4) is 0 Å². The average molecular weight is 395 g/mol. The van der Waals surface area contributed by atoms with E-state index in [0.29, 0.717) is 6.54 Å². The first kappa shape index (κ1) is 18.8. The topological polar surface area (TPSA) is 72.7 Å². The Morgan fingerprint density at radius 1 is 1.14 bits per heavy atom. The number of aromatic nitrogens is 2. The number of benzene rings is 1. The molecule has 0 amide bonds. The summed E-state index contributed by atoms with van der Waals surface area (Å²) in [7, 11) is 3.95. The highest BCUT2D eigenvalue weighted by Crippen LogP contribution is 2.69. The summed E-state index contributed by atoms with van der Waals surface area (Å²) in [5, 5.41) is 21.2. The van der Waals surface area contributed by atoms with Gasteiger partial charge in [0.05, 0.1) is 11.8 Å². The molecule has 0 unspecified atom stereocenters. The molecule has 1 saturated heterocycles. The molecule has 0 radical (unpaired) electrons. The Bertz CT molecular complexity index is 903. The minimum Gasteiger partial charge on any atom is -0.396 e. The molecular formula is C23H30N4O2. The number of hydrogen-bond acceptors (Lipinski definition) is 6. The van der Waals surface area contributed by atoms with Crippen LogP contribution in [0.25, 0.3) is 0 Å². The molecule has 3 aliphatic rings. The van der Waals surface area contributed by atoms with Crippen LogP contribution < -0.4 is 9.80 Å². The van der Waals surface area contributed by atoms with E-state index in [0.717, 1.165) is 43.3 Å². The van der Waals surface area contributed by atoms with Crippen molar-refractivity contribution in [3.63, 3.8) is 0 Å². The first-order valence-corrected chi connectivity index (χ1v) is 10.7. The first-order valence-electron chi connectivity index (χ1n) is 10.7. The lowest BCUT2D eigenvalue weighted by atomic mass is 9.95.